The van der Waals surface area contributed by atoms with E-state index in [0.29, 0.717) is 5.56 Å². The predicted octanol–water partition coefficient (Wildman–Crippen LogP) is 1.03. The van der Waals surface area contributed by atoms with Gasteiger partial charge in [-0.2, -0.15) is 0 Å². The lowest BCUT2D eigenvalue weighted by atomic mass is 10.2. The Labute approximate surface area is 71.6 Å². The van der Waals surface area contributed by atoms with Gasteiger partial charge in [0.15, 0.2) is 0 Å². The summed E-state index contributed by atoms with van der Waals surface area (Å²) in [4.78, 5) is 10.3. The lowest BCUT2D eigenvalue weighted by Gasteiger charge is -1.90. The standard InChI is InChI=1S/C10H9NO/c1-11-7-6-9-2-4-10(8-12)5-3-9/h2-5,8,11H,1H3. The third-order valence-corrected chi connectivity index (χ3v) is 1.38. The van der Waals surface area contributed by atoms with Crippen molar-refractivity contribution in [2.75, 3.05) is 7.05 Å². The van der Waals surface area contributed by atoms with Crippen molar-refractivity contribution in [1.82, 2.24) is 5.32 Å². The van der Waals surface area contributed by atoms with Gasteiger partial charge in [0.05, 0.1) is 0 Å². The van der Waals surface area contributed by atoms with Gasteiger partial charge in [0.2, 0.25) is 0 Å². The molecule has 2 heteroatoms. The Balaban J connectivity index is 2.84. The second-order valence-corrected chi connectivity index (χ2v) is 2.24. The first-order chi connectivity index (χ1) is 5.86. The molecule has 1 aromatic rings. The minimum Gasteiger partial charge on any atom is -0.349 e. The first kappa shape index (κ1) is 8.35. The maximum Gasteiger partial charge on any atom is 0.150 e. The van der Waals surface area contributed by atoms with Crippen LogP contribution in [0.2, 0.25) is 0 Å². The quantitative estimate of drug-likeness (QED) is 0.376. The number of rotatable bonds is 1. The molecule has 12 heavy (non-hydrogen) atoms. The Hall–Kier alpha value is -1.75. The zero-order chi connectivity index (χ0) is 8.81. The maximum absolute atomic E-state index is 10.3. The number of hydrogen-bond acceptors (Lipinski definition) is 2. The highest BCUT2D eigenvalue weighted by atomic mass is 16.1. The number of nitrogens with one attached hydrogen (secondary N) is 1. The molecule has 0 unspecified atom stereocenters. The average Bonchev–Trinajstić information content (AvgIpc) is 2.15. The summed E-state index contributed by atoms with van der Waals surface area (Å²) in [6.45, 7) is 0. The average molecular weight is 159 g/mol. The van der Waals surface area contributed by atoms with Crippen molar-refractivity contribution in [3.05, 3.63) is 35.4 Å². The van der Waals surface area contributed by atoms with Crippen LogP contribution >= 0.6 is 0 Å². The van der Waals surface area contributed by atoms with Crippen molar-refractivity contribution in [3.8, 4) is 12.0 Å². The van der Waals surface area contributed by atoms with Gasteiger partial charge in [-0.15, -0.1) is 0 Å². The molecule has 0 saturated heterocycles. The maximum atomic E-state index is 10.3. The summed E-state index contributed by atoms with van der Waals surface area (Å²) >= 11 is 0. The van der Waals surface area contributed by atoms with Crippen molar-refractivity contribution in [2.45, 2.75) is 0 Å². The second kappa shape index (κ2) is 4.20. The largest absolute Gasteiger partial charge is 0.349 e. The van der Waals surface area contributed by atoms with Crippen molar-refractivity contribution in [2.24, 2.45) is 0 Å². The molecule has 0 aromatic heterocycles. The van der Waals surface area contributed by atoms with Crippen LogP contribution in [-0.4, -0.2) is 13.3 Å². The monoisotopic (exact) mass is 159 g/mol. The fourth-order valence-electron chi connectivity index (χ4n) is 0.780. The van der Waals surface area contributed by atoms with Gasteiger partial charge < -0.3 is 5.32 Å². The highest BCUT2D eigenvalue weighted by Gasteiger charge is 1.88. The van der Waals surface area contributed by atoms with Gasteiger partial charge in [-0.1, -0.05) is 12.1 Å². The summed E-state index contributed by atoms with van der Waals surface area (Å²) < 4.78 is 0. The van der Waals surface area contributed by atoms with E-state index in [-0.39, 0.29) is 0 Å². The van der Waals surface area contributed by atoms with Crippen LogP contribution in [0.4, 0.5) is 0 Å². The molecule has 2 nitrogen and oxygen atoms in total. The molecule has 0 radical (unpaired) electrons. The summed E-state index contributed by atoms with van der Waals surface area (Å²) in [5.41, 5.74) is 1.57. The van der Waals surface area contributed by atoms with Gasteiger partial charge in [-0.3, -0.25) is 4.79 Å². The van der Waals surface area contributed by atoms with Crippen LogP contribution in [0.15, 0.2) is 24.3 Å². The van der Waals surface area contributed by atoms with E-state index in [1.54, 1.807) is 19.2 Å². The smallest absolute Gasteiger partial charge is 0.150 e. The summed E-state index contributed by atoms with van der Waals surface area (Å²) in [5, 5.41) is 2.71. The van der Waals surface area contributed by atoms with E-state index >= 15 is 0 Å². The molecule has 0 amide bonds. The number of carbonyl (C=O) groups is 1. The Bertz CT molecular complexity index is 316. The van der Waals surface area contributed by atoms with E-state index in [4.69, 9.17) is 0 Å². The number of aldehydes is 1. The molecule has 0 heterocycles. The summed E-state index contributed by atoms with van der Waals surface area (Å²) in [5.74, 6) is 2.87. The fraction of sp³-hybridized carbons (Fsp3) is 0.100. The van der Waals surface area contributed by atoms with Gasteiger partial charge >= 0.3 is 0 Å². The minimum atomic E-state index is 0.671. The predicted molar refractivity (Wildman–Crippen MR) is 47.8 cm³/mol. The molecule has 0 bridgehead atoms. The highest BCUT2D eigenvalue weighted by molar-refractivity contribution is 5.74. The van der Waals surface area contributed by atoms with Crippen LogP contribution in [0.1, 0.15) is 15.9 Å². The molecule has 1 aromatic carbocycles. The minimum absolute atomic E-state index is 0.671. The molecule has 0 saturated carbocycles. The van der Waals surface area contributed by atoms with Crippen LogP contribution in [0.5, 0.6) is 0 Å². The van der Waals surface area contributed by atoms with Crippen molar-refractivity contribution < 1.29 is 4.79 Å². The normalized spacial score (nSPS) is 8.08. The van der Waals surface area contributed by atoms with Gasteiger partial charge in [-0.05, 0) is 18.1 Å². The third kappa shape index (κ3) is 2.14. The Morgan fingerprint density at radius 2 is 2.00 bits per heavy atom. The molecular weight excluding hydrogens is 150 g/mol. The summed E-state index contributed by atoms with van der Waals surface area (Å²) in [6, 6.07) is 9.83. The molecule has 1 rings (SSSR count). The SMILES string of the molecule is CNC#Cc1ccc(C=O)cc1. The number of benzene rings is 1. The van der Waals surface area contributed by atoms with Crippen molar-refractivity contribution in [1.29, 1.82) is 0 Å². The first-order valence-corrected chi connectivity index (χ1v) is 3.60. The van der Waals surface area contributed by atoms with Crippen molar-refractivity contribution in [3.63, 3.8) is 0 Å². The zero-order valence-corrected chi connectivity index (χ0v) is 6.79. The molecule has 0 spiro atoms. The van der Waals surface area contributed by atoms with Gasteiger partial charge in [-0.25, -0.2) is 0 Å². The summed E-state index contributed by atoms with van der Waals surface area (Å²) in [7, 11) is 1.76. The van der Waals surface area contributed by atoms with Gasteiger partial charge in [0, 0.05) is 24.2 Å². The molecule has 0 aliphatic rings. The van der Waals surface area contributed by atoms with E-state index in [1.807, 2.05) is 12.1 Å². The lowest BCUT2D eigenvalue weighted by Crippen LogP contribution is -1.92. The van der Waals surface area contributed by atoms with Gasteiger partial charge in [0.25, 0.3) is 0 Å². The highest BCUT2D eigenvalue weighted by Crippen LogP contribution is 1.99. The number of hydrogen-bond donors (Lipinski definition) is 1. The molecule has 0 fully saturated rings. The molecule has 0 aliphatic heterocycles. The van der Waals surface area contributed by atoms with Crippen LogP contribution in [0.3, 0.4) is 0 Å². The van der Waals surface area contributed by atoms with E-state index in [0.717, 1.165) is 11.8 Å². The second-order valence-electron chi connectivity index (χ2n) is 2.24. The van der Waals surface area contributed by atoms with Crippen molar-refractivity contribution >= 4 is 6.29 Å². The molecule has 0 aliphatic carbocycles. The Morgan fingerprint density at radius 1 is 1.33 bits per heavy atom. The fourth-order valence-corrected chi connectivity index (χ4v) is 0.780. The molecule has 60 valence electrons. The van der Waals surface area contributed by atoms with Gasteiger partial charge in [0.1, 0.15) is 6.29 Å². The van der Waals surface area contributed by atoms with E-state index < -0.39 is 0 Å². The van der Waals surface area contributed by atoms with Crippen LogP contribution in [0.25, 0.3) is 0 Å². The Morgan fingerprint density at radius 3 is 2.50 bits per heavy atom. The first-order valence-electron chi connectivity index (χ1n) is 3.60. The molecular formula is C10H9NO. The van der Waals surface area contributed by atoms with Crippen LogP contribution in [-0.2, 0) is 0 Å². The van der Waals surface area contributed by atoms with E-state index in [9.17, 15) is 4.79 Å². The summed E-state index contributed by atoms with van der Waals surface area (Å²) in [6.07, 6.45) is 0.815. The van der Waals surface area contributed by atoms with Crippen LogP contribution < -0.4 is 5.32 Å². The molecule has 0 atom stereocenters. The molecule has 1 N–H and O–H groups in total. The van der Waals surface area contributed by atoms with E-state index in [2.05, 4.69) is 17.3 Å². The Kier molecular flexibility index (Phi) is 2.92. The van der Waals surface area contributed by atoms with Crippen LogP contribution in [0, 0.1) is 12.0 Å². The third-order valence-electron chi connectivity index (χ3n) is 1.38. The topological polar surface area (TPSA) is 29.1 Å². The zero-order valence-electron chi connectivity index (χ0n) is 6.79. The van der Waals surface area contributed by atoms with E-state index in [1.165, 1.54) is 0 Å². The number of carbonyl (C=O) groups excluding carboxylic acids is 1. The lowest BCUT2D eigenvalue weighted by molar-refractivity contribution is 0.112.